The molecule has 0 radical (unpaired) electrons. The lowest BCUT2D eigenvalue weighted by atomic mass is 9.95. The molecule has 1 aromatic heterocycles. The van der Waals surface area contributed by atoms with Crippen molar-refractivity contribution in [3.05, 3.63) is 60.2 Å². The Kier molecular flexibility index (Phi) is 3.44. The highest BCUT2D eigenvalue weighted by atomic mass is 19.1. The number of nitrogens with zero attached hydrogens (tertiary/aromatic N) is 1. The van der Waals surface area contributed by atoms with Crippen molar-refractivity contribution in [2.75, 3.05) is 7.11 Å². The lowest BCUT2D eigenvalue weighted by Gasteiger charge is -2.10. The quantitative estimate of drug-likeness (QED) is 0.781. The molecule has 1 heterocycles. The summed E-state index contributed by atoms with van der Waals surface area (Å²) in [5.41, 5.74) is 4.65. The molecule has 4 heteroatoms. The summed E-state index contributed by atoms with van der Waals surface area (Å²) in [5, 5.41) is 6.96. The Hall–Kier alpha value is -2.62. The van der Waals surface area contributed by atoms with Crippen LogP contribution >= 0.6 is 0 Å². The van der Waals surface area contributed by atoms with Crippen molar-refractivity contribution in [2.24, 2.45) is 0 Å². The van der Waals surface area contributed by atoms with Crippen molar-refractivity contribution >= 4 is 0 Å². The van der Waals surface area contributed by atoms with Crippen molar-refractivity contribution in [1.29, 1.82) is 0 Å². The molecule has 0 saturated carbocycles. The van der Waals surface area contributed by atoms with Gasteiger partial charge in [0.05, 0.1) is 13.3 Å². The monoisotopic (exact) mass is 282 g/mol. The molecule has 3 nitrogen and oxygen atoms in total. The highest BCUT2D eigenvalue weighted by Gasteiger charge is 2.12. The number of methoxy groups -OCH3 is 1. The molecule has 21 heavy (non-hydrogen) atoms. The largest absolute Gasteiger partial charge is 0.497 e. The summed E-state index contributed by atoms with van der Waals surface area (Å²) >= 11 is 0. The van der Waals surface area contributed by atoms with Crippen LogP contribution in [-0.4, -0.2) is 17.3 Å². The van der Waals surface area contributed by atoms with E-state index >= 15 is 0 Å². The Bertz CT molecular complexity index is 763. The minimum Gasteiger partial charge on any atom is -0.497 e. The van der Waals surface area contributed by atoms with Crippen LogP contribution in [0, 0.1) is 12.7 Å². The van der Waals surface area contributed by atoms with E-state index < -0.39 is 0 Å². The fourth-order valence-electron chi connectivity index (χ4n) is 2.38. The zero-order valence-corrected chi connectivity index (χ0v) is 11.9. The Morgan fingerprint density at radius 3 is 2.38 bits per heavy atom. The number of aromatic amines is 1. The van der Waals surface area contributed by atoms with Gasteiger partial charge in [-0.15, -0.1) is 0 Å². The van der Waals surface area contributed by atoms with Crippen LogP contribution in [0.4, 0.5) is 4.39 Å². The summed E-state index contributed by atoms with van der Waals surface area (Å²) in [4.78, 5) is 0. The minimum atomic E-state index is -0.259. The average Bonchev–Trinajstić information content (AvgIpc) is 2.93. The molecule has 0 fully saturated rings. The third-order valence-electron chi connectivity index (χ3n) is 3.50. The second-order valence-electron chi connectivity index (χ2n) is 4.83. The van der Waals surface area contributed by atoms with E-state index in [4.69, 9.17) is 4.74 Å². The van der Waals surface area contributed by atoms with Gasteiger partial charge in [-0.2, -0.15) is 5.10 Å². The second-order valence-corrected chi connectivity index (χ2v) is 4.83. The number of H-pyrrole nitrogens is 1. The van der Waals surface area contributed by atoms with E-state index in [2.05, 4.69) is 10.2 Å². The smallest absolute Gasteiger partial charge is 0.123 e. The molecule has 0 atom stereocenters. The van der Waals surface area contributed by atoms with Gasteiger partial charge in [-0.3, -0.25) is 5.10 Å². The minimum absolute atomic E-state index is 0.259. The standard InChI is InChI=1S/C17H15FN2O/c1-11-17(10-19-20-11)15-8-5-13(18)9-16(15)12-3-6-14(21-2)7-4-12/h3-10H,1-2H3,(H,19,20). The van der Waals surface area contributed by atoms with Crippen LogP contribution in [-0.2, 0) is 0 Å². The number of aromatic nitrogens is 2. The predicted molar refractivity (Wildman–Crippen MR) is 80.7 cm³/mol. The van der Waals surface area contributed by atoms with Gasteiger partial charge in [-0.05, 0) is 47.9 Å². The number of hydrogen-bond donors (Lipinski definition) is 1. The van der Waals surface area contributed by atoms with Crippen LogP contribution in [0.15, 0.2) is 48.7 Å². The molecule has 0 bridgehead atoms. The van der Waals surface area contributed by atoms with E-state index in [0.29, 0.717) is 0 Å². The summed E-state index contributed by atoms with van der Waals surface area (Å²) in [6.07, 6.45) is 1.76. The average molecular weight is 282 g/mol. The van der Waals surface area contributed by atoms with E-state index in [-0.39, 0.29) is 5.82 Å². The molecule has 3 aromatic rings. The molecule has 0 saturated heterocycles. The van der Waals surface area contributed by atoms with Gasteiger partial charge in [-0.1, -0.05) is 18.2 Å². The Morgan fingerprint density at radius 2 is 1.76 bits per heavy atom. The molecule has 0 aliphatic carbocycles. The first-order valence-corrected chi connectivity index (χ1v) is 6.63. The van der Waals surface area contributed by atoms with Crippen molar-refractivity contribution in [3.8, 4) is 28.0 Å². The van der Waals surface area contributed by atoms with Crippen molar-refractivity contribution < 1.29 is 9.13 Å². The topological polar surface area (TPSA) is 37.9 Å². The number of halogens is 1. The van der Waals surface area contributed by atoms with Crippen LogP contribution < -0.4 is 4.74 Å². The maximum atomic E-state index is 13.7. The first-order chi connectivity index (χ1) is 10.2. The van der Waals surface area contributed by atoms with Crippen molar-refractivity contribution in [1.82, 2.24) is 10.2 Å². The Balaban J connectivity index is 2.16. The molecule has 0 spiro atoms. The fourth-order valence-corrected chi connectivity index (χ4v) is 2.38. The van der Waals surface area contributed by atoms with Crippen LogP contribution in [0.2, 0.25) is 0 Å². The molecule has 0 amide bonds. The van der Waals surface area contributed by atoms with Gasteiger partial charge in [0, 0.05) is 11.3 Å². The number of rotatable bonds is 3. The molecular formula is C17H15FN2O. The number of nitrogens with one attached hydrogen (secondary N) is 1. The molecule has 1 N–H and O–H groups in total. The Labute approximate surface area is 122 Å². The van der Waals surface area contributed by atoms with E-state index in [1.165, 1.54) is 6.07 Å². The number of benzene rings is 2. The number of hydrogen-bond acceptors (Lipinski definition) is 2. The second kappa shape index (κ2) is 5.40. The van der Waals surface area contributed by atoms with Gasteiger partial charge in [0.2, 0.25) is 0 Å². The van der Waals surface area contributed by atoms with Crippen molar-refractivity contribution in [2.45, 2.75) is 6.92 Å². The molecule has 0 aliphatic rings. The van der Waals surface area contributed by atoms with Crippen LogP contribution in [0.25, 0.3) is 22.3 Å². The SMILES string of the molecule is COc1ccc(-c2cc(F)ccc2-c2cn[nH]c2C)cc1. The molecule has 106 valence electrons. The first-order valence-electron chi connectivity index (χ1n) is 6.63. The molecule has 3 rings (SSSR count). The third kappa shape index (κ3) is 2.52. The van der Waals surface area contributed by atoms with Crippen LogP contribution in [0.5, 0.6) is 5.75 Å². The highest BCUT2D eigenvalue weighted by molar-refractivity contribution is 5.84. The van der Waals surface area contributed by atoms with Gasteiger partial charge in [-0.25, -0.2) is 4.39 Å². The molecule has 0 aliphatic heterocycles. The summed E-state index contributed by atoms with van der Waals surface area (Å²) in [6.45, 7) is 1.95. The lowest BCUT2D eigenvalue weighted by Crippen LogP contribution is -1.89. The maximum Gasteiger partial charge on any atom is 0.123 e. The van der Waals surface area contributed by atoms with Gasteiger partial charge in [0.1, 0.15) is 11.6 Å². The number of ether oxygens (including phenoxy) is 1. The summed E-state index contributed by atoms with van der Waals surface area (Å²) < 4.78 is 18.8. The van der Waals surface area contributed by atoms with Crippen LogP contribution in [0.1, 0.15) is 5.69 Å². The molecule has 2 aromatic carbocycles. The van der Waals surface area contributed by atoms with E-state index in [1.807, 2.05) is 31.2 Å². The van der Waals surface area contributed by atoms with Crippen LogP contribution in [0.3, 0.4) is 0 Å². The zero-order chi connectivity index (χ0) is 14.8. The van der Waals surface area contributed by atoms with E-state index in [9.17, 15) is 4.39 Å². The highest BCUT2D eigenvalue weighted by Crippen LogP contribution is 2.34. The number of aryl methyl sites for hydroxylation is 1. The van der Waals surface area contributed by atoms with E-state index in [0.717, 1.165) is 33.7 Å². The van der Waals surface area contributed by atoms with Gasteiger partial charge < -0.3 is 4.74 Å². The summed E-state index contributed by atoms with van der Waals surface area (Å²) in [7, 11) is 1.62. The van der Waals surface area contributed by atoms with Crippen molar-refractivity contribution in [3.63, 3.8) is 0 Å². The zero-order valence-electron chi connectivity index (χ0n) is 11.9. The van der Waals surface area contributed by atoms with Gasteiger partial charge in [0.25, 0.3) is 0 Å². The summed E-state index contributed by atoms with van der Waals surface area (Å²) in [5.74, 6) is 0.516. The summed E-state index contributed by atoms with van der Waals surface area (Å²) in [6, 6.07) is 12.4. The predicted octanol–water partition coefficient (Wildman–Crippen LogP) is 4.20. The van der Waals surface area contributed by atoms with Gasteiger partial charge in [0.15, 0.2) is 0 Å². The van der Waals surface area contributed by atoms with Gasteiger partial charge >= 0.3 is 0 Å². The Morgan fingerprint density at radius 1 is 1.00 bits per heavy atom. The normalized spacial score (nSPS) is 10.6. The fraction of sp³-hybridized carbons (Fsp3) is 0.118. The van der Waals surface area contributed by atoms with E-state index in [1.54, 1.807) is 25.4 Å². The molecule has 0 unspecified atom stereocenters. The third-order valence-corrected chi connectivity index (χ3v) is 3.50. The lowest BCUT2D eigenvalue weighted by molar-refractivity contribution is 0.415. The molecular weight excluding hydrogens is 267 g/mol. The first kappa shape index (κ1) is 13.4. The maximum absolute atomic E-state index is 13.7.